The standard InChI is InChI=1S/C9H19N3O3/c1-3-7(9(10)12-14)11-8(13)5-4-6-15-2/h7,14H,3-6H2,1-2H3,(H2,10,12)(H,11,13). The molecule has 1 amide bonds. The maximum atomic E-state index is 11.3. The lowest BCUT2D eigenvalue weighted by molar-refractivity contribution is -0.121. The number of amidine groups is 1. The molecule has 0 rings (SSSR count). The molecule has 1 atom stereocenters. The Morgan fingerprint density at radius 2 is 2.33 bits per heavy atom. The van der Waals surface area contributed by atoms with E-state index in [0.717, 1.165) is 0 Å². The second-order valence-electron chi connectivity index (χ2n) is 3.15. The van der Waals surface area contributed by atoms with E-state index in [1.807, 2.05) is 6.92 Å². The highest BCUT2D eigenvalue weighted by molar-refractivity contribution is 5.89. The molecular weight excluding hydrogens is 198 g/mol. The van der Waals surface area contributed by atoms with Crippen LogP contribution < -0.4 is 11.1 Å². The van der Waals surface area contributed by atoms with Crippen molar-refractivity contribution < 1.29 is 14.7 Å². The van der Waals surface area contributed by atoms with E-state index in [9.17, 15) is 4.79 Å². The lowest BCUT2D eigenvalue weighted by atomic mass is 10.2. The Bertz CT molecular complexity index is 219. The van der Waals surface area contributed by atoms with Crippen LogP contribution in [-0.2, 0) is 9.53 Å². The highest BCUT2D eigenvalue weighted by atomic mass is 16.5. The summed E-state index contributed by atoms with van der Waals surface area (Å²) < 4.78 is 4.82. The van der Waals surface area contributed by atoms with Crippen LogP contribution in [0, 0.1) is 0 Å². The summed E-state index contributed by atoms with van der Waals surface area (Å²) in [5.41, 5.74) is 5.39. The highest BCUT2D eigenvalue weighted by Crippen LogP contribution is 1.95. The van der Waals surface area contributed by atoms with Gasteiger partial charge in [0.15, 0.2) is 5.84 Å². The van der Waals surface area contributed by atoms with Crippen LogP contribution in [0.3, 0.4) is 0 Å². The monoisotopic (exact) mass is 217 g/mol. The molecule has 0 radical (unpaired) electrons. The fourth-order valence-electron chi connectivity index (χ4n) is 1.10. The Hall–Kier alpha value is -1.30. The average Bonchev–Trinajstić information content (AvgIpc) is 2.25. The molecule has 0 heterocycles. The number of hydrogen-bond acceptors (Lipinski definition) is 4. The van der Waals surface area contributed by atoms with E-state index < -0.39 is 6.04 Å². The zero-order chi connectivity index (χ0) is 11.7. The van der Waals surface area contributed by atoms with Gasteiger partial charge in [0.25, 0.3) is 0 Å². The maximum Gasteiger partial charge on any atom is 0.220 e. The first-order valence-electron chi connectivity index (χ1n) is 4.91. The van der Waals surface area contributed by atoms with Gasteiger partial charge in [0.05, 0.1) is 6.04 Å². The third kappa shape index (κ3) is 5.90. The number of rotatable bonds is 7. The zero-order valence-electron chi connectivity index (χ0n) is 9.19. The Morgan fingerprint density at radius 3 is 2.80 bits per heavy atom. The molecule has 0 aliphatic heterocycles. The van der Waals surface area contributed by atoms with E-state index in [1.165, 1.54) is 0 Å². The van der Waals surface area contributed by atoms with Crippen LogP contribution in [0.2, 0.25) is 0 Å². The fraction of sp³-hybridized carbons (Fsp3) is 0.778. The summed E-state index contributed by atoms with van der Waals surface area (Å²) in [7, 11) is 1.59. The van der Waals surface area contributed by atoms with Gasteiger partial charge < -0.3 is 21.0 Å². The molecule has 0 fully saturated rings. The lowest BCUT2D eigenvalue weighted by Crippen LogP contribution is -2.44. The Balaban J connectivity index is 3.91. The van der Waals surface area contributed by atoms with Crippen LogP contribution in [0.25, 0.3) is 0 Å². The van der Waals surface area contributed by atoms with Crippen molar-refractivity contribution in [2.75, 3.05) is 13.7 Å². The highest BCUT2D eigenvalue weighted by Gasteiger charge is 2.14. The summed E-state index contributed by atoms with van der Waals surface area (Å²) >= 11 is 0. The van der Waals surface area contributed by atoms with Crippen molar-refractivity contribution in [3.8, 4) is 0 Å². The molecule has 1 unspecified atom stereocenters. The van der Waals surface area contributed by atoms with Gasteiger partial charge in [-0.2, -0.15) is 0 Å². The summed E-state index contributed by atoms with van der Waals surface area (Å²) in [6, 6.07) is -0.398. The minimum absolute atomic E-state index is 0.0255. The van der Waals surface area contributed by atoms with Gasteiger partial charge in [-0.05, 0) is 12.8 Å². The van der Waals surface area contributed by atoms with E-state index in [4.69, 9.17) is 15.7 Å². The number of nitrogens with one attached hydrogen (secondary N) is 1. The Labute approximate surface area is 89.5 Å². The lowest BCUT2D eigenvalue weighted by Gasteiger charge is -2.14. The molecule has 0 aliphatic rings. The number of oxime groups is 1. The van der Waals surface area contributed by atoms with Crippen LogP contribution in [0.5, 0.6) is 0 Å². The smallest absolute Gasteiger partial charge is 0.220 e. The largest absolute Gasteiger partial charge is 0.409 e. The van der Waals surface area contributed by atoms with E-state index in [2.05, 4.69) is 10.5 Å². The molecule has 0 spiro atoms. The summed E-state index contributed by atoms with van der Waals surface area (Å²) in [4.78, 5) is 11.3. The van der Waals surface area contributed by atoms with Crippen LogP contribution in [0.1, 0.15) is 26.2 Å². The number of amides is 1. The third-order valence-electron chi connectivity index (χ3n) is 1.97. The average molecular weight is 217 g/mol. The van der Waals surface area contributed by atoms with Gasteiger partial charge in [-0.25, -0.2) is 0 Å². The van der Waals surface area contributed by atoms with E-state index in [1.54, 1.807) is 7.11 Å². The molecule has 0 saturated heterocycles. The van der Waals surface area contributed by atoms with Crippen molar-refractivity contribution in [1.82, 2.24) is 5.32 Å². The van der Waals surface area contributed by atoms with Crippen LogP contribution in [0.15, 0.2) is 5.16 Å². The quantitative estimate of drug-likeness (QED) is 0.184. The first-order valence-corrected chi connectivity index (χ1v) is 4.91. The minimum atomic E-state index is -0.398. The molecule has 6 nitrogen and oxygen atoms in total. The summed E-state index contributed by atoms with van der Waals surface area (Å²) in [6.07, 6.45) is 1.63. The van der Waals surface area contributed by atoms with E-state index in [0.29, 0.717) is 25.9 Å². The van der Waals surface area contributed by atoms with Gasteiger partial charge >= 0.3 is 0 Å². The zero-order valence-corrected chi connectivity index (χ0v) is 9.19. The topological polar surface area (TPSA) is 96.9 Å². The fourth-order valence-corrected chi connectivity index (χ4v) is 1.10. The second-order valence-corrected chi connectivity index (χ2v) is 3.15. The van der Waals surface area contributed by atoms with Gasteiger partial charge in [-0.1, -0.05) is 12.1 Å². The number of nitrogens with zero attached hydrogens (tertiary/aromatic N) is 1. The van der Waals surface area contributed by atoms with Gasteiger partial charge in [0.1, 0.15) is 0 Å². The number of nitrogens with two attached hydrogens (primary N) is 1. The molecular formula is C9H19N3O3. The molecule has 0 bridgehead atoms. The normalized spacial score (nSPS) is 13.6. The van der Waals surface area contributed by atoms with Gasteiger partial charge in [0.2, 0.25) is 5.91 Å². The van der Waals surface area contributed by atoms with Gasteiger partial charge in [0, 0.05) is 20.1 Å². The maximum absolute atomic E-state index is 11.3. The predicted molar refractivity (Wildman–Crippen MR) is 56.7 cm³/mol. The minimum Gasteiger partial charge on any atom is -0.409 e. The van der Waals surface area contributed by atoms with Crippen molar-refractivity contribution in [2.24, 2.45) is 10.9 Å². The molecule has 0 saturated carbocycles. The number of hydrogen-bond donors (Lipinski definition) is 3. The van der Waals surface area contributed by atoms with Gasteiger partial charge in [-0.15, -0.1) is 0 Å². The molecule has 0 aromatic heterocycles. The second kappa shape index (κ2) is 8.05. The van der Waals surface area contributed by atoms with Crippen LogP contribution >= 0.6 is 0 Å². The number of ether oxygens (including phenoxy) is 1. The SMILES string of the molecule is CCC(NC(=O)CCCOC)C(N)=NO. The third-order valence-corrected chi connectivity index (χ3v) is 1.97. The number of methoxy groups -OCH3 is 1. The van der Waals surface area contributed by atoms with Crippen molar-refractivity contribution in [3.05, 3.63) is 0 Å². The van der Waals surface area contributed by atoms with Crippen LogP contribution in [0.4, 0.5) is 0 Å². The molecule has 15 heavy (non-hydrogen) atoms. The number of carbonyl (C=O) groups excluding carboxylic acids is 1. The van der Waals surface area contributed by atoms with Crippen molar-refractivity contribution in [3.63, 3.8) is 0 Å². The van der Waals surface area contributed by atoms with Crippen molar-refractivity contribution in [1.29, 1.82) is 0 Å². The van der Waals surface area contributed by atoms with Crippen LogP contribution in [-0.4, -0.2) is 36.7 Å². The first kappa shape index (κ1) is 13.7. The van der Waals surface area contributed by atoms with Gasteiger partial charge in [-0.3, -0.25) is 4.79 Å². The molecule has 0 aliphatic carbocycles. The summed E-state index contributed by atoms with van der Waals surface area (Å²) in [5, 5.41) is 14.0. The summed E-state index contributed by atoms with van der Waals surface area (Å²) in [6.45, 7) is 2.39. The summed E-state index contributed by atoms with van der Waals surface area (Å²) in [5.74, 6) is -0.0944. The Morgan fingerprint density at radius 1 is 1.67 bits per heavy atom. The van der Waals surface area contributed by atoms with Crippen molar-refractivity contribution in [2.45, 2.75) is 32.2 Å². The molecule has 0 aromatic carbocycles. The predicted octanol–water partition coefficient (Wildman–Crippen LogP) is 0.0542. The number of carbonyl (C=O) groups is 1. The molecule has 0 aromatic rings. The molecule has 88 valence electrons. The first-order chi connectivity index (χ1) is 7.15. The molecule has 6 heteroatoms. The van der Waals surface area contributed by atoms with E-state index >= 15 is 0 Å². The molecule has 4 N–H and O–H groups in total. The van der Waals surface area contributed by atoms with Crippen molar-refractivity contribution >= 4 is 11.7 Å². The Kier molecular flexibility index (Phi) is 7.35. The van der Waals surface area contributed by atoms with E-state index in [-0.39, 0.29) is 11.7 Å².